The molecular formula is C10H18ClN3. The molecule has 0 aromatic carbocycles. The van der Waals surface area contributed by atoms with Gasteiger partial charge in [0.2, 0.25) is 0 Å². The topological polar surface area (TPSA) is 31.1 Å². The van der Waals surface area contributed by atoms with Crippen molar-refractivity contribution in [3.05, 3.63) is 23.0 Å². The summed E-state index contributed by atoms with van der Waals surface area (Å²) in [4.78, 5) is 5.29. The van der Waals surface area contributed by atoms with Crippen LogP contribution in [-0.2, 0) is 6.54 Å². The molecule has 80 valence electrons. The van der Waals surface area contributed by atoms with E-state index in [0.29, 0.717) is 0 Å². The molecule has 1 aromatic rings. The molecule has 14 heavy (non-hydrogen) atoms. The molecule has 0 atom stereocenters. The maximum Gasteiger partial charge on any atom is 0.0583 e. The van der Waals surface area contributed by atoms with Crippen molar-refractivity contribution in [2.24, 2.45) is 0 Å². The first kappa shape index (κ1) is 11.6. The summed E-state index contributed by atoms with van der Waals surface area (Å²) in [6, 6.07) is 1.94. The summed E-state index contributed by atoms with van der Waals surface area (Å²) in [7, 11) is 4.18. The van der Waals surface area contributed by atoms with Gasteiger partial charge in [0.1, 0.15) is 0 Å². The molecule has 0 spiro atoms. The number of aromatic nitrogens is 1. The Morgan fingerprint density at radius 3 is 2.86 bits per heavy atom. The average Bonchev–Trinajstić information content (AvgIpc) is 2.50. The maximum absolute atomic E-state index is 5.78. The zero-order valence-corrected chi connectivity index (χ0v) is 9.56. The number of halogens is 1. The maximum atomic E-state index is 5.78. The lowest BCUT2D eigenvalue weighted by atomic mass is 10.4. The Balaban J connectivity index is 2.04. The van der Waals surface area contributed by atoms with Crippen LogP contribution in [-0.4, -0.2) is 37.1 Å². The van der Waals surface area contributed by atoms with E-state index >= 15 is 0 Å². The lowest BCUT2D eigenvalue weighted by Gasteiger charge is -2.09. The van der Waals surface area contributed by atoms with Crippen molar-refractivity contribution in [1.29, 1.82) is 0 Å². The van der Waals surface area contributed by atoms with Gasteiger partial charge in [-0.05, 0) is 39.7 Å². The smallest absolute Gasteiger partial charge is 0.0583 e. The van der Waals surface area contributed by atoms with Gasteiger partial charge in [-0.1, -0.05) is 11.6 Å². The van der Waals surface area contributed by atoms with Crippen LogP contribution < -0.4 is 5.32 Å². The summed E-state index contributed by atoms with van der Waals surface area (Å²) < 4.78 is 0. The first-order valence-corrected chi connectivity index (χ1v) is 5.24. The zero-order valence-electron chi connectivity index (χ0n) is 8.81. The molecule has 1 heterocycles. The standard InChI is InChI=1S/C10H18ClN3/c1-14(2)5-3-4-12-8-10-6-9(11)7-13-10/h6-7,12-13H,3-5,8H2,1-2H3. The van der Waals surface area contributed by atoms with Crippen molar-refractivity contribution in [3.63, 3.8) is 0 Å². The molecule has 2 N–H and O–H groups in total. The Hall–Kier alpha value is -0.510. The van der Waals surface area contributed by atoms with Gasteiger partial charge in [-0.15, -0.1) is 0 Å². The van der Waals surface area contributed by atoms with Gasteiger partial charge >= 0.3 is 0 Å². The van der Waals surface area contributed by atoms with Crippen LogP contribution in [0.2, 0.25) is 5.02 Å². The summed E-state index contributed by atoms with van der Waals surface area (Å²) in [5.74, 6) is 0. The lowest BCUT2D eigenvalue weighted by Crippen LogP contribution is -2.21. The zero-order chi connectivity index (χ0) is 10.4. The molecular weight excluding hydrogens is 198 g/mol. The van der Waals surface area contributed by atoms with E-state index in [1.807, 2.05) is 6.07 Å². The molecule has 4 heteroatoms. The van der Waals surface area contributed by atoms with Crippen LogP contribution >= 0.6 is 11.6 Å². The molecule has 3 nitrogen and oxygen atoms in total. The monoisotopic (exact) mass is 215 g/mol. The van der Waals surface area contributed by atoms with E-state index in [1.54, 1.807) is 6.20 Å². The van der Waals surface area contributed by atoms with Gasteiger partial charge in [0.05, 0.1) is 5.02 Å². The molecule has 0 saturated heterocycles. The predicted molar refractivity (Wildman–Crippen MR) is 60.7 cm³/mol. The lowest BCUT2D eigenvalue weighted by molar-refractivity contribution is 0.394. The second-order valence-corrected chi connectivity index (χ2v) is 4.11. The van der Waals surface area contributed by atoms with E-state index in [1.165, 1.54) is 6.42 Å². The minimum Gasteiger partial charge on any atom is -0.363 e. The van der Waals surface area contributed by atoms with Crippen LogP contribution in [0, 0.1) is 0 Å². The van der Waals surface area contributed by atoms with E-state index in [4.69, 9.17) is 11.6 Å². The summed E-state index contributed by atoms with van der Waals surface area (Å²) in [6.07, 6.45) is 2.97. The van der Waals surface area contributed by atoms with Crippen molar-refractivity contribution in [1.82, 2.24) is 15.2 Å². The molecule has 0 amide bonds. The highest BCUT2D eigenvalue weighted by Gasteiger charge is 1.96. The Morgan fingerprint density at radius 2 is 2.29 bits per heavy atom. The van der Waals surface area contributed by atoms with E-state index in [9.17, 15) is 0 Å². The van der Waals surface area contributed by atoms with Crippen LogP contribution in [0.4, 0.5) is 0 Å². The fraction of sp³-hybridized carbons (Fsp3) is 0.600. The van der Waals surface area contributed by atoms with Gasteiger partial charge in [-0.2, -0.15) is 0 Å². The third-order valence-corrected chi connectivity index (χ3v) is 2.20. The average molecular weight is 216 g/mol. The highest BCUT2D eigenvalue weighted by atomic mass is 35.5. The van der Waals surface area contributed by atoms with Gasteiger partial charge in [0, 0.05) is 18.4 Å². The van der Waals surface area contributed by atoms with Gasteiger partial charge in [0.15, 0.2) is 0 Å². The minimum absolute atomic E-state index is 0.773. The fourth-order valence-electron chi connectivity index (χ4n) is 1.26. The second kappa shape index (κ2) is 6.06. The van der Waals surface area contributed by atoms with Crippen LogP contribution in [0.1, 0.15) is 12.1 Å². The van der Waals surface area contributed by atoms with E-state index in [2.05, 4.69) is 29.3 Å². The van der Waals surface area contributed by atoms with Crippen LogP contribution in [0.3, 0.4) is 0 Å². The second-order valence-electron chi connectivity index (χ2n) is 3.68. The Bertz CT molecular complexity index is 258. The van der Waals surface area contributed by atoms with Crippen molar-refractivity contribution in [2.45, 2.75) is 13.0 Å². The normalized spacial score (nSPS) is 11.1. The highest BCUT2D eigenvalue weighted by Crippen LogP contribution is 2.08. The number of nitrogens with one attached hydrogen (secondary N) is 2. The number of hydrogen-bond donors (Lipinski definition) is 2. The van der Waals surface area contributed by atoms with Crippen LogP contribution in [0.25, 0.3) is 0 Å². The van der Waals surface area contributed by atoms with Crippen LogP contribution in [0.5, 0.6) is 0 Å². The predicted octanol–water partition coefficient (Wildman–Crippen LogP) is 1.71. The number of hydrogen-bond acceptors (Lipinski definition) is 2. The molecule has 1 aromatic heterocycles. The third kappa shape index (κ3) is 4.65. The van der Waals surface area contributed by atoms with E-state index in [0.717, 1.165) is 30.4 Å². The molecule has 0 saturated carbocycles. The van der Waals surface area contributed by atoms with Gasteiger partial charge in [-0.25, -0.2) is 0 Å². The van der Waals surface area contributed by atoms with Crippen molar-refractivity contribution in [3.8, 4) is 0 Å². The molecule has 0 aliphatic carbocycles. The highest BCUT2D eigenvalue weighted by molar-refractivity contribution is 6.30. The summed E-state index contributed by atoms with van der Waals surface area (Å²) in [5, 5.41) is 4.13. The fourth-order valence-corrected chi connectivity index (χ4v) is 1.44. The molecule has 0 bridgehead atoms. The van der Waals surface area contributed by atoms with E-state index < -0.39 is 0 Å². The molecule has 0 unspecified atom stereocenters. The first-order valence-electron chi connectivity index (χ1n) is 4.86. The summed E-state index contributed by atoms with van der Waals surface area (Å²) in [5.41, 5.74) is 1.14. The third-order valence-electron chi connectivity index (χ3n) is 1.98. The van der Waals surface area contributed by atoms with Crippen molar-refractivity contribution < 1.29 is 0 Å². The minimum atomic E-state index is 0.773. The quantitative estimate of drug-likeness (QED) is 0.708. The van der Waals surface area contributed by atoms with Gasteiger partial charge in [0.25, 0.3) is 0 Å². The summed E-state index contributed by atoms with van der Waals surface area (Å²) in [6.45, 7) is 3.02. The first-order chi connectivity index (χ1) is 6.68. The van der Waals surface area contributed by atoms with Crippen molar-refractivity contribution in [2.75, 3.05) is 27.2 Å². The number of H-pyrrole nitrogens is 1. The molecule has 0 aliphatic rings. The Kier molecular flexibility index (Phi) is 5.01. The van der Waals surface area contributed by atoms with Crippen LogP contribution in [0.15, 0.2) is 12.3 Å². The number of nitrogens with zero attached hydrogens (tertiary/aromatic N) is 1. The largest absolute Gasteiger partial charge is 0.363 e. The molecule has 0 fully saturated rings. The number of aromatic amines is 1. The molecule has 1 rings (SSSR count). The van der Waals surface area contributed by atoms with Crippen molar-refractivity contribution >= 4 is 11.6 Å². The number of rotatable bonds is 6. The Labute approximate surface area is 90.4 Å². The Morgan fingerprint density at radius 1 is 1.50 bits per heavy atom. The van der Waals surface area contributed by atoms with Gasteiger partial charge < -0.3 is 15.2 Å². The van der Waals surface area contributed by atoms with Gasteiger partial charge in [-0.3, -0.25) is 0 Å². The SMILES string of the molecule is CN(C)CCCNCc1cc(Cl)c[nH]1. The summed E-state index contributed by atoms with van der Waals surface area (Å²) >= 11 is 5.78. The molecule has 0 aliphatic heterocycles. The molecule has 0 radical (unpaired) electrons. The van der Waals surface area contributed by atoms with E-state index in [-0.39, 0.29) is 0 Å².